The van der Waals surface area contributed by atoms with Gasteiger partial charge in [-0.05, 0) is 6.42 Å². The molecule has 0 unspecified atom stereocenters. The first-order valence-electron chi connectivity index (χ1n) is 3.27. The number of hydrogen-bond acceptors (Lipinski definition) is 3. The van der Waals surface area contributed by atoms with E-state index in [0.29, 0.717) is 13.1 Å². The molecule has 0 aliphatic rings. The largest absolute Gasteiger partial charge is 0.356 e. The topological polar surface area (TPSA) is 52.6 Å². The molecule has 1 amide bonds. The molecule has 0 radical (unpaired) electrons. The Hall–Kier alpha value is -0.610. The number of hydrogen-bond donors (Lipinski definition) is 2. The average molecular weight is 146 g/mol. The van der Waals surface area contributed by atoms with Crippen molar-refractivity contribution in [3.63, 3.8) is 0 Å². The van der Waals surface area contributed by atoms with Gasteiger partial charge in [-0.3, -0.25) is 4.79 Å². The number of amides is 1. The van der Waals surface area contributed by atoms with Crippen LogP contribution in [0.3, 0.4) is 0 Å². The molecule has 0 bridgehead atoms. The van der Waals surface area contributed by atoms with E-state index in [9.17, 15) is 4.79 Å². The van der Waals surface area contributed by atoms with E-state index in [2.05, 4.69) is 5.32 Å². The zero-order valence-electron chi connectivity index (χ0n) is 6.42. The van der Waals surface area contributed by atoms with Crippen LogP contribution in [0.15, 0.2) is 0 Å². The van der Waals surface area contributed by atoms with E-state index in [1.807, 2.05) is 0 Å². The highest BCUT2D eigenvalue weighted by Gasteiger charge is 1.92. The van der Waals surface area contributed by atoms with Gasteiger partial charge in [-0.15, -0.1) is 0 Å². The molecule has 0 aromatic rings. The highest BCUT2D eigenvalue weighted by atomic mass is 16.5. The monoisotopic (exact) mass is 146 g/mol. The van der Waals surface area contributed by atoms with Crippen LogP contribution in [0.2, 0.25) is 0 Å². The standard InChI is InChI=1S/C6H14N2O2/c1-6(9)7-4-3-5-8(2)10/h10H,3-5H2,1-2H3,(H,7,9). The Morgan fingerprint density at radius 3 is 2.70 bits per heavy atom. The number of carbonyl (C=O) groups excluding carboxylic acids is 1. The van der Waals surface area contributed by atoms with Crippen LogP contribution in [0.4, 0.5) is 0 Å². The normalized spacial score (nSPS) is 10.0. The van der Waals surface area contributed by atoms with Gasteiger partial charge >= 0.3 is 0 Å². The molecule has 0 atom stereocenters. The van der Waals surface area contributed by atoms with Crippen molar-refractivity contribution in [2.24, 2.45) is 0 Å². The Balaban J connectivity index is 2.98. The summed E-state index contributed by atoms with van der Waals surface area (Å²) < 4.78 is 0. The van der Waals surface area contributed by atoms with E-state index in [1.54, 1.807) is 7.05 Å². The molecular formula is C6H14N2O2. The summed E-state index contributed by atoms with van der Waals surface area (Å²) in [5, 5.41) is 12.4. The summed E-state index contributed by atoms with van der Waals surface area (Å²) in [6.07, 6.45) is 0.770. The molecule has 0 spiro atoms. The van der Waals surface area contributed by atoms with E-state index >= 15 is 0 Å². The first-order chi connectivity index (χ1) is 4.63. The molecule has 0 aromatic carbocycles. The fourth-order valence-corrected chi connectivity index (χ4v) is 0.572. The van der Waals surface area contributed by atoms with Crippen LogP contribution >= 0.6 is 0 Å². The SMILES string of the molecule is CC(=O)NCCCN(C)O. The van der Waals surface area contributed by atoms with Crippen LogP contribution in [0.1, 0.15) is 13.3 Å². The Morgan fingerprint density at radius 1 is 1.70 bits per heavy atom. The number of nitrogens with zero attached hydrogens (tertiary/aromatic N) is 1. The maximum absolute atomic E-state index is 10.3. The summed E-state index contributed by atoms with van der Waals surface area (Å²) in [5.74, 6) is -0.0272. The lowest BCUT2D eigenvalue weighted by atomic mass is 10.4. The molecule has 0 aliphatic heterocycles. The number of hydroxylamine groups is 2. The predicted molar refractivity (Wildman–Crippen MR) is 37.7 cm³/mol. The second-order valence-electron chi connectivity index (χ2n) is 2.22. The van der Waals surface area contributed by atoms with Gasteiger partial charge in [0.1, 0.15) is 0 Å². The quantitative estimate of drug-likeness (QED) is 0.428. The van der Waals surface area contributed by atoms with Gasteiger partial charge in [-0.1, -0.05) is 0 Å². The molecule has 2 N–H and O–H groups in total. The smallest absolute Gasteiger partial charge is 0.216 e. The van der Waals surface area contributed by atoms with Crippen LogP contribution in [0.5, 0.6) is 0 Å². The van der Waals surface area contributed by atoms with Crippen molar-refractivity contribution >= 4 is 5.91 Å². The third-order valence-corrected chi connectivity index (χ3v) is 1.03. The molecule has 4 nitrogen and oxygen atoms in total. The fraction of sp³-hybridized carbons (Fsp3) is 0.833. The number of carbonyl (C=O) groups is 1. The van der Waals surface area contributed by atoms with Crippen LogP contribution in [-0.4, -0.2) is 36.3 Å². The van der Waals surface area contributed by atoms with E-state index in [4.69, 9.17) is 5.21 Å². The summed E-state index contributed by atoms with van der Waals surface area (Å²) >= 11 is 0. The summed E-state index contributed by atoms with van der Waals surface area (Å²) in [7, 11) is 1.58. The zero-order valence-corrected chi connectivity index (χ0v) is 6.42. The second-order valence-corrected chi connectivity index (χ2v) is 2.22. The molecule has 0 fully saturated rings. The molecule has 0 aliphatic carbocycles. The minimum absolute atomic E-state index is 0.0272. The van der Waals surface area contributed by atoms with E-state index in [1.165, 1.54) is 6.92 Å². The lowest BCUT2D eigenvalue weighted by Gasteiger charge is -2.06. The van der Waals surface area contributed by atoms with Gasteiger partial charge in [0.15, 0.2) is 0 Å². The highest BCUT2D eigenvalue weighted by Crippen LogP contribution is 1.79. The fourth-order valence-electron chi connectivity index (χ4n) is 0.572. The Morgan fingerprint density at radius 2 is 2.30 bits per heavy atom. The highest BCUT2D eigenvalue weighted by molar-refractivity contribution is 5.72. The van der Waals surface area contributed by atoms with Crippen molar-refractivity contribution in [2.45, 2.75) is 13.3 Å². The van der Waals surface area contributed by atoms with Gasteiger partial charge in [0.05, 0.1) is 0 Å². The van der Waals surface area contributed by atoms with Gasteiger partial charge in [-0.2, -0.15) is 5.06 Å². The van der Waals surface area contributed by atoms with Gasteiger partial charge < -0.3 is 10.5 Å². The zero-order chi connectivity index (χ0) is 7.98. The molecule has 10 heavy (non-hydrogen) atoms. The summed E-state index contributed by atoms with van der Waals surface area (Å²) in [5.41, 5.74) is 0. The molecular weight excluding hydrogens is 132 g/mol. The van der Waals surface area contributed by atoms with E-state index in [-0.39, 0.29) is 5.91 Å². The summed E-state index contributed by atoms with van der Waals surface area (Å²) in [6, 6.07) is 0. The predicted octanol–water partition coefficient (Wildman–Crippen LogP) is -0.166. The first kappa shape index (κ1) is 9.39. The van der Waals surface area contributed by atoms with Crippen molar-refractivity contribution in [2.75, 3.05) is 20.1 Å². The van der Waals surface area contributed by atoms with Gasteiger partial charge in [0, 0.05) is 27.1 Å². The minimum Gasteiger partial charge on any atom is -0.356 e. The Labute approximate surface area is 60.8 Å². The van der Waals surface area contributed by atoms with E-state index < -0.39 is 0 Å². The first-order valence-corrected chi connectivity index (χ1v) is 3.27. The van der Waals surface area contributed by atoms with Gasteiger partial charge in [0.2, 0.25) is 5.91 Å². The third kappa shape index (κ3) is 7.39. The maximum Gasteiger partial charge on any atom is 0.216 e. The summed E-state index contributed by atoms with van der Waals surface area (Å²) in [6.45, 7) is 2.68. The maximum atomic E-state index is 10.3. The third-order valence-electron chi connectivity index (χ3n) is 1.03. The van der Waals surface area contributed by atoms with Crippen LogP contribution < -0.4 is 5.32 Å². The van der Waals surface area contributed by atoms with Crippen molar-refractivity contribution < 1.29 is 10.0 Å². The van der Waals surface area contributed by atoms with Gasteiger partial charge in [0.25, 0.3) is 0 Å². The van der Waals surface area contributed by atoms with Crippen LogP contribution in [-0.2, 0) is 4.79 Å². The lowest BCUT2D eigenvalue weighted by Crippen LogP contribution is -2.24. The molecule has 4 heteroatoms. The number of nitrogens with one attached hydrogen (secondary N) is 1. The average Bonchev–Trinajstić information content (AvgIpc) is 1.79. The Kier molecular flexibility index (Phi) is 4.88. The van der Waals surface area contributed by atoms with Gasteiger partial charge in [-0.25, -0.2) is 0 Å². The lowest BCUT2D eigenvalue weighted by molar-refractivity contribution is -0.119. The minimum atomic E-state index is -0.0272. The molecule has 60 valence electrons. The van der Waals surface area contributed by atoms with Crippen molar-refractivity contribution in [1.29, 1.82) is 0 Å². The molecule has 0 saturated carbocycles. The van der Waals surface area contributed by atoms with Crippen LogP contribution in [0, 0.1) is 0 Å². The second kappa shape index (κ2) is 5.20. The van der Waals surface area contributed by atoms with Crippen molar-refractivity contribution in [1.82, 2.24) is 10.4 Å². The van der Waals surface area contributed by atoms with Crippen LogP contribution in [0.25, 0.3) is 0 Å². The molecule has 0 saturated heterocycles. The molecule has 0 heterocycles. The van der Waals surface area contributed by atoms with Crippen molar-refractivity contribution in [3.05, 3.63) is 0 Å². The van der Waals surface area contributed by atoms with E-state index in [0.717, 1.165) is 11.5 Å². The van der Waals surface area contributed by atoms with Crippen molar-refractivity contribution in [3.8, 4) is 0 Å². The molecule has 0 rings (SSSR count). The molecule has 0 aromatic heterocycles. The Bertz CT molecular complexity index is 104. The summed E-state index contributed by atoms with van der Waals surface area (Å²) in [4.78, 5) is 10.3. The number of rotatable bonds is 4.